The summed E-state index contributed by atoms with van der Waals surface area (Å²) in [7, 11) is 1.53. The van der Waals surface area contributed by atoms with Gasteiger partial charge >= 0.3 is 0 Å². The largest absolute Gasteiger partial charge is 1.00 e. The van der Waals surface area contributed by atoms with Crippen LogP contribution in [0.5, 0.6) is 0 Å². The normalized spacial score (nSPS) is 20.5. The number of nitrogens with two attached hydrogens (primary N) is 1. The Hall–Kier alpha value is -1.58. The van der Waals surface area contributed by atoms with Crippen molar-refractivity contribution in [1.82, 2.24) is 9.97 Å². The first-order chi connectivity index (χ1) is 13.0. The van der Waals surface area contributed by atoms with Gasteiger partial charge in [-0.15, -0.1) is 11.3 Å². The zero-order chi connectivity index (χ0) is 19.4. The van der Waals surface area contributed by atoms with Gasteiger partial charge in [-0.3, -0.25) is 4.79 Å². The molecule has 0 aromatic carbocycles. The average Bonchev–Trinajstić information content (AvgIpc) is 3.10. The second-order valence-electron chi connectivity index (χ2n) is 6.87. The molecule has 3 heterocycles. The van der Waals surface area contributed by atoms with Crippen LogP contribution in [0.25, 0.3) is 11.4 Å². The van der Waals surface area contributed by atoms with Crippen LogP contribution in [0.2, 0.25) is 0 Å². The van der Waals surface area contributed by atoms with Crippen LogP contribution in [0, 0.1) is 0 Å². The number of pyridine rings is 1. The van der Waals surface area contributed by atoms with E-state index >= 15 is 0 Å². The van der Waals surface area contributed by atoms with Crippen molar-refractivity contribution in [3.8, 4) is 11.4 Å². The summed E-state index contributed by atoms with van der Waals surface area (Å²) < 4.78 is 10.7. The summed E-state index contributed by atoms with van der Waals surface area (Å²) in [6.07, 6.45) is 0.563. The van der Waals surface area contributed by atoms with Crippen LogP contribution in [0.15, 0.2) is 23.6 Å². The highest BCUT2D eigenvalue weighted by atomic mass is 35.5. The van der Waals surface area contributed by atoms with Crippen LogP contribution < -0.4 is 23.0 Å². The smallest absolute Gasteiger partial charge is 0.158 e. The zero-order valence-electron chi connectivity index (χ0n) is 16.3. The summed E-state index contributed by atoms with van der Waals surface area (Å²) in [5.74, 6) is 0.845. The fourth-order valence-corrected chi connectivity index (χ4v) is 3.97. The second kappa shape index (κ2) is 10.3. The zero-order valence-corrected chi connectivity index (χ0v) is 17.9. The Morgan fingerprint density at radius 3 is 2.71 bits per heavy atom. The minimum atomic E-state index is -0.617. The van der Waals surface area contributed by atoms with Crippen molar-refractivity contribution in [2.24, 2.45) is 5.73 Å². The van der Waals surface area contributed by atoms with E-state index in [0.29, 0.717) is 0 Å². The predicted octanol–water partition coefficient (Wildman–Crippen LogP) is -1.09. The number of ether oxygens (including phenoxy) is 2. The van der Waals surface area contributed by atoms with E-state index in [1.165, 1.54) is 18.4 Å². The first-order valence-corrected chi connectivity index (χ1v) is 9.93. The molecule has 7 nitrogen and oxygen atoms in total. The maximum atomic E-state index is 12.1. The molecule has 28 heavy (non-hydrogen) atoms. The highest BCUT2D eigenvalue weighted by Gasteiger charge is 2.23. The number of ketones is 1. The quantitative estimate of drug-likeness (QED) is 0.602. The summed E-state index contributed by atoms with van der Waals surface area (Å²) in [5.41, 5.74) is 7.37. The number of methoxy groups -OCH3 is 1. The number of hydrogen-bond acceptors (Lipinski definition) is 8. The van der Waals surface area contributed by atoms with Crippen molar-refractivity contribution in [2.75, 3.05) is 31.7 Å². The van der Waals surface area contributed by atoms with E-state index in [-0.39, 0.29) is 43.4 Å². The van der Waals surface area contributed by atoms with Gasteiger partial charge < -0.3 is 32.5 Å². The van der Waals surface area contributed by atoms with Crippen molar-refractivity contribution in [3.63, 3.8) is 0 Å². The number of aromatic nitrogens is 2. The standard InChI is InChI=1S/C19H26N4O3S.ClH/c1-12-8-23(9-13(2)26-12)18-6-4-5-15(21-18)16-11-27-19(22-16)7-17(24)14(20)10-25-3;/h4-6,11-14H,7-10,20H2,1-3H3;1H/p-1/t12-,13+,14-;/m0./s1. The molecule has 1 fully saturated rings. The second-order valence-corrected chi connectivity index (χ2v) is 7.82. The number of hydrogen-bond donors (Lipinski definition) is 1. The number of carbonyl (C=O) groups is 1. The highest BCUT2D eigenvalue weighted by Crippen LogP contribution is 2.25. The van der Waals surface area contributed by atoms with E-state index in [4.69, 9.17) is 20.2 Å². The van der Waals surface area contributed by atoms with Crippen molar-refractivity contribution in [2.45, 2.75) is 38.5 Å². The predicted molar refractivity (Wildman–Crippen MR) is 106 cm³/mol. The summed E-state index contributed by atoms with van der Waals surface area (Å²) in [6.45, 7) is 6.00. The number of anilines is 1. The Kier molecular flexibility index (Phi) is 8.33. The lowest BCUT2D eigenvalue weighted by Gasteiger charge is -2.36. The molecule has 2 aromatic heterocycles. The van der Waals surface area contributed by atoms with Gasteiger partial charge in [-0.25, -0.2) is 9.97 Å². The van der Waals surface area contributed by atoms with Gasteiger partial charge in [0.15, 0.2) is 5.78 Å². The molecule has 1 saturated heterocycles. The van der Waals surface area contributed by atoms with Crippen molar-refractivity contribution in [3.05, 3.63) is 28.6 Å². The van der Waals surface area contributed by atoms with Gasteiger partial charge in [-0.2, -0.15) is 0 Å². The summed E-state index contributed by atoms with van der Waals surface area (Å²) >= 11 is 1.45. The number of thiazole rings is 1. The van der Waals surface area contributed by atoms with Gasteiger partial charge in [0.25, 0.3) is 0 Å². The monoisotopic (exact) mass is 425 g/mol. The molecule has 0 amide bonds. The average molecular weight is 426 g/mol. The Morgan fingerprint density at radius 2 is 2.04 bits per heavy atom. The molecule has 3 atom stereocenters. The minimum absolute atomic E-state index is 0. The Balaban J connectivity index is 0.00000280. The van der Waals surface area contributed by atoms with Gasteiger partial charge in [0.05, 0.1) is 42.7 Å². The van der Waals surface area contributed by atoms with Crippen molar-refractivity contribution < 1.29 is 26.7 Å². The summed E-state index contributed by atoms with van der Waals surface area (Å²) in [4.78, 5) is 23.7. The molecule has 2 aromatic rings. The summed E-state index contributed by atoms with van der Waals surface area (Å²) in [5, 5.41) is 2.67. The molecule has 2 N–H and O–H groups in total. The molecule has 9 heteroatoms. The first kappa shape index (κ1) is 22.7. The van der Waals surface area contributed by atoms with E-state index in [9.17, 15) is 4.79 Å². The third-order valence-electron chi connectivity index (χ3n) is 4.38. The molecule has 1 aliphatic heterocycles. The van der Waals surface area contributed by atoms with Crippen LogP contribution >= 0.6 is 11.3 Å². The van der Waals surface area contributed by atoms with E-state index < -0.39 is 6.04 Å². The van der Waals surface area contributed by atoms with Crippen LogP contribution in [0.1, 0.15) is 18.9 Å². The molecule has 0 aliphatic carbocycles. The lowest BCUT2D eigenvalue weighted by molar-refractivity contribution is -0.120. The van der Waals surface area contributed by atoms with Crippen LogP contribution in [0.4, 0.5) is 5.82 Å². The maximum Gasteiger partial charge on any atom is 0.158 e. The fraction of sp³-hybridized carbons (Fsp3) is 0.526. The Bertz CT molecular complexity index is 778. The lowest BCUT2D eigenvalue weighted by atomic mass is 10.1. The van der Waals surface area contributed by atoms with E-state index in [1.807, 2.05) is 23.6 Å². The summed E-state index contributed by atoms with van der Waals surface area (Å²) in [6, 6.07) is 5.32. The van der Waals surface area contributed by atoms with Gasteiger partial charge in [0.1, 0.15) is 10.8 Å². The SMILES string of the molecule is COC[C@H](N)C(=O)Cc1nc(-c2cccc(N3C[C@@H](C)O[C@@H](C)C3)n2)cs1.[Cl-]. The third-order valence-corrected chi connectivity index (χ3v) is 5.23. The van der Waals surface area contributed by atoms with E-state index in [0.717, 1.165) is 35.3 Å². The fourth-order valence-electron chi connectivity index (χ4n) is 3.17. The van der Waals surface area contributed by atoms with E-state index in [1.54, 1.807) is 0 Å². The van der Waals surface area contributed by atoms with Crippen LogP contribution in [-0.4, -0.2) is 60.8 Å². The molecule has 3 rings (SSSR count). The van der Waals surface area contributed by atoms with Crippen molar-refractivity contribution >= 4 is 22.9 Å². The van der Waals surface area contributed by atoms with Gasteiger partial charge in [-0.05, 0) is 26.0 Å². The molecule has 0 spiro atoms. The minimum Gasteiger partial charge on any atom is -1.00 e. The molecule has 0 radical (unpaired) electrons. The Labute approximate surface area is 175 Å². The molecule has 154 valence electrons. The highest BCUT2D eigenvalue weighted by molar-refractivity contribution is 7.10. The van der Waals surface area contributed by atoms with Gasteiger partial charge in [0, 0.05) is 25.6 Å². The number of carbonyl (C=O) groups excluding carboxylic acids is 1. The van der Waals surface area contributed by atoms with Crippen LogP contribution in [0.3, 0.4) is 0 Å². The number of halogens is 1. The number of morpholine rings is 1. The van der Waals surface area contributed by atoms with Gasteiger partial charge in [-0.1, -0.05) is 6.07 Å². The molecular formula is C19H26ClN4O3S-. The number of nitrogens with zero attached hydrogens (tertiary/aromatic N) is 3. The number of rotatable bonds is 7. The van der Waals surface area contributed by atoms with Crippen LogP contribution in [-0.2, 0) is 20.7 Å². The molecule has 0 unspecified atom stereocenters. The number of Topliss-reactive ketones (excluding diaryl/α,β-unsaturated/α-hetero) is 1. The topological polar surface area (TPSA) is 90.6 Å². The molecule has 0 bridgehead atoms. The maximum absolute atomic E-state index is 12.1. The van der Waals surface area contributed by atoms with Crippen molar-refractivity contribution in [1.29, 1.82) is 0 Å². The van der Waals surface area contributed by atoms with E-state index in [2.05, 4.69) is 23.7 Å². The molecule has 1 aliphatic rings. The first-order valence-electron chi connectivity index (χ1n) is 9.05. The molecular weight excluding hydrogens is 400 g/mol. The lowest BCUT2D eigenvalue weighted by Crippen LogP contribution is -3.00. The van der Waals surface area contributed by atoms with Gasteiger partial charge in [0.2, 0.25) is 0 Å². The molecule has 0 saturated carbocycles. The third kappa shape index (κ3) is 5.71. The Morgan fingerprint density at radius 1 is 1.32 bits per heavy atom.